The van der Waals surface area contributed by atoms with E-state index in [0.29, 0.717) is 22.4 Å². The molecule has 0 aliphatic carbocycles. The van der Waals surface area contributed by atoms with Gasteiger partial charge in [0.25, 0.3) is 10.0 Å². The molecule has 0 aliphatic heterocycles. The summed E-state index contributed by atoms with van der Waals surface area (Å²) in [6, 6.07) is 13.1. The Bertz CT molecular complexity index is 1240. The minimum atomic E-state index is -3.74. The predicted octanol–water partition coefficient (Wildman–Crippen LogP) is 3.23. The standard InChI is InChI=1S/C19H18N6O2S/c1-13-4-3-5-14(8-13)24-19-16-9-15(6-7-17(16)21-12-23-19)25(2)28(26,27)18-10-20-11-22-18/h3-12H,1-2H3,(H,20,22)(H,21,23,24). The third-order valence-corrected chi connectivity index (χ3v) is 6.09. The summed E-state index contributed by atoms with van der Waals surface area (Å²) in [4.78, 5) is 15.0. The van der Waals surface area contributed by atoms with Gasteiger partial charge in [-0.05, 0) is 42.8 Å². The van der Waals surface area contributed by atoms with E-state index < -0.39 is 10.0 Å². The molecule has 2 aromatic carbocycles. The van der Waals surface area contributed by atoms with Gasteiger partial charge in [-0.3, -0.25) is 4.31 Å². The average Bonchev–Trinajstić information content (AvgIpc) is 3.23. The van der Waals surface area contributed by atoms with Crippen LogP contribution in [0.3, 0.4) is 0 Å². The van der Waals surface area contributed by atoms with Crippen LogP contribution in [-0.4, -0.2) is 35.4 Å². The molecule has 0 aliphatic rings. The van der Waals surface area contributed by atoms with Crippen molar-refractivity contribution in [3.63, 3.8) is 0 Å². The van der Waals surface area contributed by atoms with Crippen LogP contribution in [-0.2, 0) is 10.0 Å². The summed E-state index contributed by atoms with van der Waals surface area (Å²) >= 11 is 0. The summed E-state index contributed by atoms with van der Waals surface area (Å²) in [5.74, 6) is 0.602. The number of benzene rings is 2. The van der Waals surface area contributed by atoms with E-state index in [1.807, 2.05) is 31.2 Å². The number of aromatic amines is 1. The number of hydrogen-bond acceptors (Lipinski definition) is 6. The minimum Gasteiger partial charge on any atom is -0.340 e. The number of aromatic nitrogens is 4. The topological polar surface area (TPSA) is 104 Å². The van der Waals surface area contributed by atoms with E-state index in [1.165, 1.54) is 30.2 Å². The van der Waals surface area contributed by atoms with Crippen molar-refractivity contribution in [2.24, 2.45) is 0 Å². The van der Waals surface area contributed by atoms with Crippen molar-refractivity contribution < 1.29 is 8.42 Å². The molecule has 0 atom stereocenters. The quantitative estimate of drug-likeness (QED) is 0.539. The first kappa shape index (κ1) is 17.9. The molecule has 9 heteroatoms. The largest absolute Gasteiger partial charge is 0.340 e. The van der Waals surface area contributed by atoms with Crippen LogP contribution < -0.4 is 9.62 Å². The summed E-state index contributed by atoms with van der Waals surface area (Å²) < 4.78 is 26.7. The molecule has 0 bridgehead atoms. The van der Waals surface area contributed by atoms with Gasteiger partial charge in [-0.25, -0.2) is 15.0 Å². The number of nitrogens with one attached hydrogen (secondary N) is 2. The first-order chi connectivity index (χ1) is 13.4. The number of rotatable bonds is 5. The lowest BCUT2D eigenvalue weighted by atomic mass is 10.2. The van der Waals surface area contributed by atoms with Crippen LogP contribution in [0, 0.1) is 6.92 Å². The van der Waals surface area contributed by atoms with Crippen LogP contribution >= 0.6 is 0 Å². The number of hydrogen-bond donors (Lipinski definition) is 2. The molecular weight excluding hydrogens is 376 g/mol. The fourth-order valence-corrected chi connectivity index (χ4v) is 3.95. The molecule has 0 saturated heterocycles. The molecule has 0 unspecified atom stereocenters. The number of H-pyrrole nitrogens is 1. The molecule has 0 saturated carbocycles. The van der Waals surface area contributed by atoms with Crippen molar-refractivity contribution in [1.29, 1.82) is 0 Å². The molecule has 8 nitrogen and oxygen atoms in total. The van der Waals surface area contributed by atoms with E-state index in [9.17, 15) is 8.42 Å². The summed E-state index contributed by atoms with van der Waals surface area (Å²) in [6.07, 6.45) is 4.09. The zero-order valence-electron chi connectivity index (χ0n) is 15.3. The average molecular weight is 394 g/mol. The molecule has 0 radical (unpaired) electrons. The van der Waals surface area contributed by atoms with Gasteiger partial charge in [0.1, 0.15) is 12.1 Å². The van der Waals surface area contributed by atoms with Crippen LogP contribution in [0.15, 0.2) is 66.3 Å². The lowest BCUT2D eigenvalue weighted by molar-refractivity contribution is 0.591. The van der Waals surface area contributed by atoms with Crippen molar-refractivity contribution in [3.05, 3.63) is 66.9 Å². The minimum absolute atomic E-state index is 0.0255. The van der Waals surface area contributed by atoms with E-state index in [4.69, 9.17) is 0 Å². The van der Waals surface area contributed by atoms with Gasteiger partial charge in [-0.15, -0.1) is 0 Å². The Morgan fingerprint density at radius 3 is 2.71 bits per heavy atom. The van der Waals surface area contributed by atoms with Gasteiger partial charge in [0.15, 0.2) is 5.03 Å². The number of nitrogens with zero attached hydrogens (tertiary/aromatic N) is 4. The maximum atomic E-state index is 12.8. The predicted molar refractivity (Wildman–Crippen MR) is 108 cm³/mol. The number of sulfonamides is 1. The first-order valence-corrected chi connectivity index (χ1v) is 9.95. The number of fused-ring (bicyclic) bond motifs is 1. The van der Waals surface area contributed by atoms with E-state index in [1.54, 1.807) is 18.2 Å². The van der Waals surface area contributed by atoms with Crippen LogP contribution in [0.2, 0.25) is 0 Å². The number of aryl methyl sites for hydroxylation is 1. The Morgan fingerprint density at radius 1 is 1.11 bits per heavy atom. The normalized spacial score (nSPS) is 11.5. The van der Waals surface area contributed by atoms with Gasteiger partial charge in [-0.1, -0.05) is 12.1 Å². The highest BCUT2D eigenvalue weighted by molar-refractivity contribution is 7.92. The van der Waals surface area contributed by atoms with Gasteiger partial charge < -0.3 is 10.3 Å². The van der Waals surface area contributed by atoms with Crippen LogP contribution in [0.1, 0.15) is 5.56 Å². The fourth-order valence-electron chi connectivity index (χ4n) is 2.87. The Hall–Kier alpha value is -3.46. The second-order valence-corrected chi connectivity index (χ2v) is 8.24. The molecule has 0 fully saturated rings. The van der Waals surface area contributed by atoms with Crippen molar-refractivity contribution >= 4 is 38.1 Å². The molecule has 4 rings (SSSR count). The van der Waals surface area contributed by atoms with E-state index in [0.717, 1.165) is 11.3 Å². The van der Waals surface area contributed by atoms with Gasteiger partial charge in [0.05, 0.1) is 23.7 Å². The lowest BCUT2D eigenvalue weighted by Gasteiger charge is -2.19. The van der Waals surface area contributed by atoms with Crippen molar-refractivity contribution in [2.75, 3.05) is 16.7 Å². The lowest BCUT2D eigenvalue weighted by Crippen LogP contribution is -2.26. The van der Waals surface area contributed by atoms with Gasteiger partial charge in [-0.2, -0.15) is 8.42 Å². The molecule has 0 spiro atoms. The summed E-state index contributed by atoms with van der Waals surface area (Å²) in [7, 11) is -2.25. The second-order valence-electron chi connectivity index (χ2n) is 6.31. The second kappa shape index (κ2) is 6.93. The third-order valence-electron chi connectivity index (χ3n) is 4.37. The Balaban J connectivity index is 1.76. The Kier molecular flexibility index (Phi) is 4.44. The Labute approximate surface area is 162 Å². The van der Waals surface area contributed by atoms with Crippen LogP contribution in [0.5, 0.6) is 0 Å². The fraction of sp³-hybridized carbons (Fsp3) is 0.105. The zero-order chi connectivity index (χ0) is 19.7. The monoisotopic (exact) mass is 394 g/mol. The molecule has 2 aromatic heterocycles. The van der Waals surface area contributed by atoms with Gasteiger partial charge >= 0.3 is 0 Å². The van der Waals surface area contributed by atoms with Crippen molar-refractivity contribution in [2.45, 2.75) is 11.9 Å². The Morgan fingerprint density at radius 2 is 1.96 bits per heavy atom. The summed E-state index contributed by atoms with van der Waals surface area (Å²) in [5.41, 5.74) is 3.21. The molecule has 0 amide bonds. The van der Waals surface area contributed by atoms with Crippen molar-refractivity contribution in [3.8, 4) is 0 Å². The van der Waals surface area contributed by atoms with Crippen LogP contribution in [0.4, 0.5) is 17.2 Å². The van der Waals surface area contributed by atoms with Crippen LogP contribution in [0.25, 0.3) is 10.9 Å². The smallest absolute Gasteiger partial charge is 0.281 e. The molecule has 28 heavy (non-hydrogen) atoms. The van der Waals surface area contributed by atoms with Gasteiger partial charge in [0.2, 0.25) is 0 Å². The summed E-state index contributed by atoms with van der Waals surface area (Å²) in [5, 5.41) is 4.03. The SMILES string of the molecule is Cc1cccc(Nc2ncnc3ccc(N(C)S(=O)(=O)c4cnc[nH]4)cc23)c1. The molecule has 142 valence electrons. The first-order valence-electron chi connectivity index (χ1n) is 8.51. The van der Waals surface area contributed by atoms with E-state index in [2.05, 4.69) is 25.3 Å². The van der Waals surface area contributed by atoms with E-state index in [-0.39, 0.29) is 5.03 Å². The summed E-state index contributed by atoms with van der Waals surface area (Å²) in [6.45, 7) is 2.01. The number of anilines is 3. The molecular formula is C19H18N6O2S. The van der Waals surface area contributed by atoms with Crippen molar-refractivity contribution in [1.82, 2.24) is 19.9 Å². The van der Waals surface area contributed by atoms with E-state index >= 15 is 0 Å². The maximum absolute atomic E-state index is 12.8. The third kappa shape index (κ3) is 3.27. The highest BCUT2D eigenvalue weighted by atomic mass is 32.2. The zero-order valence-corrected chi connectivity index (χ0v) is 16.1. The highest BCUT2D eigenvalue weighted by Crippen LogP contribution is 2.29. The number of imidazole rings is 1. The highest BCUT2D eigenvalue weighted by Gasteiger charge is 2.23. The van der Waals surface area contributed by atoms with Gasteiger partial charge in [0, 0.05) is 18.1 Å². The molecule has 2 heterocycles. The maximum Gasteiger partial charge on any atom is 0.281 e. The molecule has 4 aromatic rings. The molecule has 2 N–H and O–H groups in total.